The van der Waals surface area contributed by atoms with Crippen LogP contribution in [0.1, 0.15) is 36.6 Å². The van der Waals surface area contributed by atoms with E-state index in [-0.39, 0.29) is 6.61 Å². The van der Waals surface area contributed by atoms with Gasteiger partial charge in [-0.1, -0.05) is 0 Å². The molecule has 2 fully saturated rings. The standard InChI is InChI=1S/C23H30N6O4S/c1-11-18(22-28-16-9-25-14(12-3-4-12)8-17(16)34-22)21(29-23(26-11)24-5-6-33-2)27-15-7-13(10-30)19(31)20(15)32/h8-9,12-13,15,19-20,30-32H,3-7,10H2,1-2H3,(H2,24,26,27,29)/t13-,15-,19-,20+/m1/s1. The lowest BCUT2D eigenvalue weighted by atomic mass is 10.1. The van der Waals surface area contributed by atoms with Gasteiger partial charge in [-0.2, -0.15) is 4.98 Å². The van der Waals surface area contributed by atoms with Crippen LogP contribution in [0.2, 0.25) is 0 Å². The largest absolute Gasteiger partial charge is 0.396 e. The van der Waals surface area contributed by atoms with Crippen LogP contribution in [-0.2, 0) is 4.74 Å². The van der Waals surface area contributed by atoms with Gasteiger partial charge in [0, 0.05) is 37.8 Å². The minimum absolute atomic E-state index is 0.190. The Kier molecular flexibility index (Phi) is 6.63. The number of fused-ring (bicyclic) bond motifs is 1. The number of thiazole rings is 1. The number of hydrogen-bond acceptors (Lipinski definition) is 11. The summed E-state index contributed by atoms with van der Waals surface area (Å²) in [5, 5.41) is 37.7. The summed E-state index contributed by atoms with van der Waals surface area (Å²) in [6.07, 6.45) is 2.60. The molecule has 5 N–H and O–H groups in total. The summed E-state index contributed by atoms with van der Waals surface area (Å²) in [6.45, 7) is 2.76. The van der Waals surface area contributed by atoms with Crippen molar-refractivity contribution in [3.63, 3.8) is 0 Å². The zero-order valence-electron chi connectivity index (χ0n) is 19.2. The summed E-state index contributed by atoms with van der Waals surface area (Å²) < 4.78 is 6.17. The van der Waals surface area contributed by atoms with Crippen LogP contribution in [0.5, 0.6) is 0 Å². The summed E-state index contributed by atoms with van der Waals surface area (Å²) in [6, 6.07) is 1.66. The van der Waals surface area contributed by atoms with E-state index in [1.54, 1.807) is 18.4 Å². The fraction of sp³-hybridized carbons (Fsp3) is 0.565. The molecule has 11 heteroatoms. The van der Waals surface area contributed by atoms with Crippen LogP contribution < -0.4 is 10.6 Å². The van der Waals surface area contributed by atoms with Crippen LogP contribution in [0, 0.1) is 12.8 Å². The first-order valence-electron chi connectivity index (χ1n) is 11.6. The van der Waals surface area contributed by atoms with Crippen molar-refractivity contribution in [2.75, 3.05) is 37.5 Å². The molecule has 34 heavy (non-hydrogen) atoms. The number of pyridine rings is 1. The number of anilines is 2. The number of aliphatic hydroxyl groups excluding tert-OH is 3. The maximum Gasteiger partial charge on any atom is 0.224 e. The van der Waals surface area contributed by atoms with Crippen LogP contribution >= 0.6 is 11.3 Å². The summed E-state index contributed by atoms with van der Waals surface area (Å²) in [7, 11) is 1.63. The number of aromatic nitrogens is 4. The van der Waals surface area contributed by atoms with Crippen LogP contribution in [0.15, 0.2) is 12.3 Å². The lowest BCUT2D eigenvalue weighted by Crippen LogP contribution is -2.35. The van der Waals surface area contributed by atoms with Crippen molar-refractivity contribution in [2.45, 2.75) is 50.4 Å². The van der Waals surface area contributed by atoms with E-state index in [1.807, 2.05) is 13.1 Å². The highest BCUT2D eigenvalue weighted by Crippen LogP contribution is 2.42. The lowest BCUT2D eigenvalue weighted by Gasteiger charge is -2.21. The zero-order chi connectivity index (χ0) is 23.8. The van der Waals surface area contributed by atoms with E-state index in [9.17, 15) is 15.3 Å². The van der Waals surface area contributed by atoms with E-state index in [1.165, 1.54) is 12.8 Å². The van der Waals surface area contributed by atoms with Crippen LogP contribution in [0.3, 0.4) is 0 Å². The number of aryl methyl sites for hydroxylation is 1. The molecule has 2 saturated carbocycles. The van der Waals surface area contributed by atoms with Gasteiger partial charge in [0.15, 0.2) is 0 Å². The first-order chi connectivity index (χ1) is 16.5. The monoisotopic (exact) mass is 486 g/mol. The molecule has 0 saturated heterocycles. The Morgan fingerprint density at radius 2 is 2.00 bits per heavy atom. The van der Waals surface area contributed by atoms with Gasteiger partial charge in [0.05, 0.1) is 40.9 Å². The van der Waals surface area contributed by atoms with E-state index >= 15 is 0 Å². The molecule has 182 valence electrons. The van der Waals surface area contributed by atoms with Gasteiger partial charge in [-0.05, 0) is 32.3 Å². The van der Waals surface area contributed by atoms with Crippen molar-refractivity contribution in [3.05, 3.63) is 23.7 Å². The maximum atomic E-state index is 10.6. The van der Waals surface area contributed by atoms with Gasteiger partial charge >= 0.3 is 0 Å². The number of nitrogens with zero attached hydrogens (tertiary/aromatic N) is 4. The van der Waals surface area contributed by atoms with Crippen LogP contribution in [-0.4, -0.2) is 80.4 Å². The molecular weight excluding hydrogens is 456 g/mol. The Labute approximate surface area is 201 Å². The molecule has 0 unspecified atom stereocenters. The number of aliphatic hydroxyl groups is 3. The Balaban J connectivity index is 1.52. The van der Waals surface area contributed by atoms with E-state index in [0.29, 0.717) is 37.3 Å². The fourth-order valence-corrected chi connectivity index (χ4v) is 5.54. The second-order valence-electron chi connectivity index (χ2n) is 9.06. The predicted octanol–water partition coefficient (Wildman–Crippen LogP) is 1.91. The molecule has 0 aliphatic heterocycles. The second kappa shape index (κ2) is 9.67. The lowest BCUT2D eigenvalue weighted by molar-refractivity contribution is 0.00446. The van der Waals surface area contributed by atoms with Gasteiger partial charge in [0.25, 0.3) is 0 Å². The van der Waals surface area contributed by atoms with Crippen LogP contribution in [0.25, 0.3) is 20.8 Å². The second-order valence-corrected chi connectivity index (χ2v) is 10.1. The summed E-state index contributed by atoms with van der Waals surface area (Å²) >= 11 is 1.57. The maximum absolute atomic E-state index is 10.6. The molecular formula is C23H30N6O4S. The average molecular weight is 487 g/mol. The predicted molar refractivity (Wildman–Crippen MR) is 130 cm³/mol. The van der Waals surface area contributed by atoms with E-state index in [4.69, 9.17) is 9.72 Å². The molecule has 2 aliphatic rings. The average Bonchev–Trinajstić information content (AvgIpc) is 3.54. The highest BCUT2D eigenvalue weighted by molar-refractivity contribution is 7.21. The molecule has 10 nitrogen and oxygen atoms in total. The van der Waals surface area contributed by atoms with Crippen molar-refractivity contribution in [1.82, 2.24) is 19.9 Å². The van der Waals surface area contributed by atoms with Gasteiger partial charge in [0.2, 0.25) is 5.95 Å². The van der Waals surface area contributed by atoms with Gasteiger partial charge in [-0.15, -0.1) is 11.3 Å². The van der Waals surface area contributed by atoms with Gasteiger partial charge in [0.1, 0.15) is 22.4 Å². The molecule has 5 rings (SSSR count). The van der Waals surface area contributed by atoms with Crippen molar-refractivity contribution in [3.8, 4) is 10.6 Å². The molecule has 3 heterocycles. The summed E-state index contributed by atoms with van der Waals surface area (Å²) in [5.74, 6) is 1.13. The van der Waals surface area contributed by atoms with Crippen molar-refractivity contribution < 1.29 is 20.1 Å². The molecule has 0 bridgehead atoms. The summed E-state index contributed by atoms with van der Waals surface area (Å²) in [4.78, 5) is 18.7. The molecule has 0 spiro atoms. The minimum Gasteiger partial charge on any atom is -0.396 e. The molecule has 4 atom stereocenters. The number of ether oxygens (including phenoxy) is 1. The Morgan fingerprint density at radius 1 is 1.18 bits per heavy atom. The zero-order valence-corrected chi connectivity index (χ0v) is 20.0. The van der Waals surface area contributed by atoms with Gasteiger partial charge in [-0.25, -0.2) is 9.97 Å². The van der Waals surface area contributed by atoms with Gasteiger partial charge in [-0.3, -0.25) is 4.98 Å². The van der Waals surface area contributed by atoms with Gasteiger partial charge < -0.3 is 30.7 Å². The van der Waals surface area contributed by atoms with Crippen molar-refractivity contribution in [1.29, 1.82) is 0 Å². The first-order valence-corrected chi connectivity index (χ1v) is 12.4. The van der Waals surface area contributed by atoms with Crippen molar-refractivity contribution >= 4 is 33.3 Å². The fourth-order valence-electron chi connectivity index (χ4n) is 4.46. The summed E-state index contributed by atoms with van der Waals surface area (Å²) in [5.41, 5.74) is 3.43. The topological polar surface area (TPSA) is 146 Å². The Morgan fingerprint density at radius 3 is 2.71 bits per heavy atom. The molecule has 0 aromatic carbocycles. The molecule has 0 radical (unpaired) electrons. The van der Waals surface area contributed by atoms with E-state index < -0.39 is 24.2 Å². The smallest absolute Gasteiger partial charge is 0.224 e. The molecule has 2 aliphatic carbocycles. The van der Waals surface area contributed by atoms with Crippen LogP contribution in [0.4, 0.5) is 11.8 Å². The number of nitrogens with one attached hydrogen (secondary N) is 2. The Bertz CT molecular complexity index is 1170. The minimum atomic E-state index is -1.02. The molecule has 3 aromatic heterocycles. The quantitative estimate of drug-likeness (QED) is 0.284. The molecule has 3 aromatic rings. The highest BCUT2D eigenvalue weighted by Gasteiger charge is 2.41. The third kappa shape index (κ3) is 4.58. The third-order valence-corrected chi connectivity index (χ3v) is 7.58. The Hall–Kier alpha value is -2.44. The number of hydrogen-bond donors (Lipinski definition) is 5. The SMILES string of the molecule is COCCNc1nc(C)c(-c2nc3cnc(C4CC4)cc3s2)c(N[C@@H]2C[C@H](CO)[C@@H](O)[C@H]2O)n1. The highest BCUT2D eigenvalue weighted by atomic mass is 32.1. The van der Waals surface area contributed by atoms with E-state index in [0.717, 1.165) is 32.2 Å². The number of rotatable bonds is 9. The van der Waals surface area contributed by atoms with E-state index in [2.05, 4.69) is 31.7 Å². The first kappa shape index (κ1) is 23.3. The van der Waals surface area contributed by atoms with Crippen molar-refractivity contribution in [2.24, 2.45) is 5.92 Å². The normalized spacial score (nSPS) is 24.6. The number of methoxy groups -OCH3 is 1. The third-order valence-electron chi connectivity index (χ3n) is 6.54. The molecule has 0 amide bonds.